The molecule has 1 aromatic rings. The minimum absolute atomic E-state index is 0.141. The van der Waals surface area contributed by atoms with Crippen LogP contribution in [0.3, 0.4) is 0 Å². The highest BCUT2D eigenvalue weighted by atomic mass is 19.1. The van der Waals surface area contributed by atoms with Crippen LogP contribution in [0.25, 0.3) is 0 Å². The zero-order valence-corrected chi connectivity index (χ0v) is 10.8. The number of hydrogen-bond donors (Lipinski definition) is 1. The van der Waals surface area contributed by atoms with Crippen molar-refractivity contribution in [3.05, 3.63) is 35.4 Å². The SMILES string of the molecule is CN(CC1(O)CCCC1)C(=O)c1cc(F)ccc1F. The van der Waals surface area contributed by atoms with Gasteiger partial charge in [-0.25, -0.2) is 8.78 Å². The van der Waals surface area contributed by atoms with Crippen LogP contribution in [-0.2, 0) is 0 Å². The summed E-state index contributed by atoms with van der Waals surface area (Å²) in [6.45, 7) is 0.141. The largest absolute Gasteiger partial charge is 0.388 e. The highest BCUT2D eigenvalue weighted by molar-refractivity contribution is 5.94. The Labute approximate surface area is 110 Å². The van der Waals surface area contributed by atoms with E-state index in [4.69, 9.17) is 0 Å². The average molecular weight is 269 g/mol. The molecule has 1 fully saturated rings. The Morgan fingerprint density at radius 1 is 1.37 bits per heavy atom. The molecule has 2 rings (SSSR count). The van der Waals surface area contributed by atoms with E-state index in [0.717, 1.165) is 31.0 Å². The molecule has 0 spiro atoms. The summed E-state index contributed by atoms with van der Waals surface area (Å²) in [5, 5.41) is 10.2. The first-order valence-electron chi connectivity index (χ1n) is 6.34. The number of carbonyl (C=O) groups excluding carboxylic acids is 1. The third-order valence-corrected chi connectivity index (χ3v) is 3.57. The van der Waals surface area contributed by atoms with Gasteiger partial charge in [-0.1, -0.05) is 12.8 Å². The van der Waals surface area contributed by atoms with Crippen molar-refractivity contribution in [2.45, 2.75) is 31.3 Å². The number of benzene rings is 1. The molecular weight excluding hydrogens is 252 g/mol. The molecule has 0 radical (unpaired) electrons. The Hall–Kier alpha value is -1.49. The number of amides is 1. The number of halogens is 2. The zero-order valence-electron chi connectivity index (χ0n) is 10.8. The maximum Gasteiger partial charge on any atom is 0.256 e. The van der Waals surface area contributed by atoms with Crippen LogP contribution in [0.2, 0.25) is 0 Å². The Morgan fingerprint density at radius 3 is 2.63 bits per heavy atom. The lowest BCUT2D eigenvalue weighted by atomic mass is 10.0. The fraction of sp³-hybridized carbons (Fsp3) is 0.500. The molecule has 0 atom stereocenters. The summed E-state index contributed by atoms with van der Waals surface area (Å²) in [6, 6.07) is 2.78. The van der Waals surface area contributed by atoms with Gasteiger partial charge in [-0.2, -0.15) is 0 Å². The average Bonchev–Trinajstić information content (AvgIpc) is 2.78. The van der Waals surface area contributed by atoms with Gasteiger partial charge in [0, 0.05) is 13.6 Å². The van der Waals surface area contributed by atoms with Gasteiger partial charge in [0.05, 0.1) is 11.2 Å². The Bertz CT molecular complexity index is 484. The van der Waals surface area contributed by atoms with E-state index in [1.54, 1.807) is 0 Å². The molecule has 1 aromatic carbocycles. The number of likely N-dealkylation sites (N-methyl/N-ethyl adjacent to an activating group) is 1. The van der Waals surface area contributed by atoms with Crippen molar-refractivity contribution in [3.8, 4) is 0 Å². The molecule has 1 aliphatic rings. The number of carbonyl (C=O) groups is 1. The van der Waals surface area contributed by atoms with Gasteiger partial charge in [0.15, 0.2) is 0 Å². The van der Waals surface area contributed by atoms with Gasteiger partial charge in [-0.15, -0.1) is 0 Å². The van der Waals surface area contributed by atoms with Gasteiger partial charge in [0.2, 0.25) is 0 Å². The number of hydrogen-bond acceptors (Lipinski definition) is 2. The predicted octanol–water partition coefficient (Wildman–Crippen LogP) is 2.34. The van der Waals surface area contributed by atoms with Gasteiger partial charge >= 0.3 is 0 Å². The van der Waals surface area contributed by atoms with E-state index in [-0.39, 0.29) is 12.1 Å². The molecular formula is C14H17F2NO2. The van der Waals surface area contributed by atoms with Crippen LogP contribution in [0.5, 0.6) is 0 Å². The molecule has 0 heterocycles. The Kier molecular flexibility index (Phi) is 3.85. The summed E-state index contributed by atoms with van der Waals surface area (Å²) in [6.07, 6.45) is 3.12. The predicted molar refractivity (Wildman–Crippen MR) is 66.7 cm³/mol. The van der Waals surface area contributed by atoms with Crippen molar-refractivity contribution < 1.29 is 18.7 Å². The van der Waals surface area contributed by atoms with Crippen molar-refractivity contribution in [1.29, 1.82) is 0 Å². The summed E-state index contributed by atoms with van der Waals surface area (Å²) in [4.78, 5) is 13.3. The second-order valence-corrected chi connectivity index (χ2v) is 5.22. The Balaban J connectivity index is 2.12. The zero-order chi connectivity index (χ0) is 14.0. The lowest BCUT2D eigenvalue weighted by Crippen LogP contribution is -2.42. The van der Waals surface area contributed by atoms with Crippen molar-refractivity contribution in [2.24, 2.45) is 0 Å². The molecule has 0 aliphatic heterocycles. The fourth-order valence-electron chi connectivity index (χ4n) is 2.57. The minimum Gasteiger partial charge on any atom is -0.388 e. The lowest BCUT2D eigenvalue weighted by molar-refractivity contribution is 0.0155. The summed E-state index contributed by atoms with van der Waals surface area (Å²) < 4.78 is 26.6. The van der Waals surface area contributed by atoms with Gasteiger partial charge in [-0.05, 0) is 31.0 Å². The van der Waals surface area contributed by atoms with E-state index < -0.39 is 23.1 Å². The standard InChI is InChI=1S/C14H17F2NO2/c1-17(9-14(19)6-2-3-7-14)13(18)11-8-10(15)4-5-12(11)16/h4-5,8,19H,2-3,6-7,9H2,1H3. The van der Waals surface area contributed by atoms with Crippen molar-refractivity contribution >= 4 is 5.91 Å². The second-order valence-electron chi connectivity index (χ2n) is 5.22. The maximum absolute atomic E-state index is 13.5. The highest BCUT2D eigenvalue weighted by Gasteiger charge is 2.34. The quantitative estimate of drug-likeness (QED) is 0.915. The molecule has 104 valence electrons. The molecule has 0 saturated heterocycles. The summed E-state index contributed by atoms with van der Waals surface area (Å²) >= 11 is 0. The van der Waals surface area contributed by atoms with Crippen LogP contribution in [-0.4, -0.2) is 35.1 Å². The maximum atomic E-state index is 13.5. The molecule has 19 heavy (non-hydrogen) atoms. The summed E-state index contributed by atoms with van der Waals surface area (Å²) in [5.74, 6) is -2.02. The summed E-state index contributed by atoms with van der Waals surface area (Å²) in [5.41, 5.74) is -1.20. The third kappa shape index (κ3) is 3.10. The molecule has 1 amide bonds. The van der Waals surface area contributed by atoms with Gasteiger partial charge in [0.1, 0.15) is 11.6 Å². The summed E-state index contributed by atoms with van der Waals surface area (Å²) in [7, 11) is 1.49. The van der Waals surface area contributed by atoms with E-state index in [0.29, 0.717) is 12.8 Å². The molecule has 5 heteroatoms. The molecule has 0 unspecified atom stereocenters. The van der Waals surface area contributed by atoms with Crippen LogP contribution in [0.1, 0.15) is 36.0 Å². The molecule has 1 saturated carbocycles. The first kappa shape index (κ1) is 13.9. The van der Waals surface area contributed by atoms with Gasteiger partial charge in [0.25, 0.3) is 5.91 Å². The lowest BCUT2D eigenvalue weighted by Gasteiger charge is -2.28. The van der Waals surface area contributed by atoms with Gasteiger partial charge in [-0.3, -0.25) is 4.79 Å². The normalized spacial score (nSPS) is 17.5. The van der Waals surface area contributed by atoms with E-state index in [9.17, 15) is 18.7 Å². The topological polar surface area (TPSA) is 40.5 Å². The van der Waals surface area contributed by atoms with Gasteiger partial charge < -0.3 is 10.0 Å². The minimum atomic E-state index is -0.895. The van der Waals surface area contributed by atoms with Crippen LogP contribution in [0, 0.1) is 11.6 Å². The molecule has 0 aromatic heterocycles. The monoisotopic (exact) mass is 269 g/mol. The Morgan fingerprint density at radius 2 is 2.00 bits per heavy atom. The van der Waals surface area contributed by atoms with Crippen LogP contribution in [0.15, 0.2) is 18.2 Å². The van der Waals surface area contributed by atoms with Crippen LogP contribution >= 0.6 is 0 Å². The van der Waals surface area contributed by atoms with E-state index in [1.807, 2.05) is 0 Å². The van der Waals surface area contributed by atoms with Crippen molar-refractivity contribution in [2.75, 3.05) is 13.6 Å². The van der Waals surface area contributed by atoms with Crippen molar-refractivity contribution in [1.82, 2.24) is 4.90 Å². The number of rotatable bonds is 3. The molecule has 1 N–H and O–H groups in total. The number of nitrogens with zero attached hydrogens (tertiary/aromatic N) is 1. The van der Waals surface area contributed by atoms with E-state index >= 15 is 0 Å². The third-order valence-electron chi connectivity index (χ3n) is 3.57. The van der Waals surface area contributed by atoms with E-state index in [2.05, 4.69) is 0 Å². The number of aliphatic hydroxyl groups is 1. The van der Waals surface area contributed by atoms with Crippen LogP contribution < -0.4 is 0 Å². The van der Waals surface area contributed by atoms with Crippen LogP contribution in [0.4, 0.5) is 8.78 Å². The first-order chi connectivity index (χ1) is 8.91. The van der Waals surface area contributed by atoms with Crippen molar-refractivity contribution in [3.63, 3.8) is 0 Å². The second kappa shape index (κ2) is 5.25. The van der Waals surface area contributed by atoms with E-state index in [1.165, 1.54) is 11.9 Å². The molecule has 0 bridgehead atoms. The molecule has 3 nitrogen and oxygen atoms in total. The smallest absolute Gasteiger partial charge is 0.256 e. The highest BCUT2D eigenvalue weighted by Crippen LogP contribution is 2.30. The fourth-order valence-corrected chi connectivity index (χ4v) is 2.57. The molecule has 1 aliphatic carbocycles. The first-order valence-corrected chi connectivity index (χ1v) is 6.34.